The molecule has 234 valence electrons. The van der Waals surface area contributed by atoms with Gasteiger partial charge in [0.05, 0.1) is 18.3 Å². The second kappa shape index (κ2) is 11.8. The maximum atomic E-state index is 15.7. The van der Waals surface area contributed by atoms with Gasteiger partial charge in [-0.15, -0.1) is 0 Å². The Kier molecular flexibility index (Phi) is 8.77. The Bertz CT molecular complexity index is 1400. The first kappa shape index (κ1) is 31.9. The standard InChI is InChI=1S/C29H36ClFN2O9Si/c1-14-25(43(2,3)31)20(9-10-34)42-29(14)18-12-16(30)7-8-19(18)33(28(29)40)13-15-5-4-6-17(11-15)32-26(38)24-22(36)21(35)23(37)27(39)41-24/h4-8,11-12,14,20-25,27,34-37,39H,9-10,13H2,1-3H3,(H,32,38)/t14-,20+,21+,22+,23-,24+,25-,27-,29+/m1/s1. The number of carbonyl (C=O) groups is 2. The first-order valence-corrected chi connectivity index (χ1v) is 17.4. The third-order valence-corrected chi connectivity index (χ3v) is 11.4. The number of aliphatic hydroxyl groups is 5. The van der Waals surface area contributed by atoms with Crippen LogP contribution in [0.15, 0.2) is 42.5 Å². The van der Waals surface area contributed by atoms with E-state index in [1.807, 2.05) is 6.92 Å². The lowest BCUT2D eigenvalue weighted by Gasteiger charge is -2.37. The van der Waals surface area contributed by atoms with Crippen LogP contribution in [0.3, 0.4) is 0 Å². The molecule has 0 aromatic heterocycles. The van der Waals surface area contributed by atoms with Gasteiger partial charge in [-0.25, -0.2) is 0 Å². The van der Waals surface area contributed by atoms with Crippen LogP contribution in [0.5, 0.6) is 0 Å². The van der Waals surface area contributed by atoms with Crippen LogP contribution in [0, 0.1) is 5.92 Å². The average molecular weight is 639 g/mol. The molecule has 2 saturated heterocycles. The highest BCUT2D eigenvalue weighted by Crippen LogP contribution is 2.60. The number of hydrogen-bond acceptors (Lipinski definition) is 9. The predicted molar refractivity (Wildman–Crippen MR) is 156 cm³/mol. The van der Waals surface area contributed by atoms with E-state index in [-0.39, 0.29) is 31.2 Å². The number of nitrogens with zero attached hydrogens (tertiary/aromatic N) is 1. The van der Waals surface area contributed by atoms with E-state index >= 15 is 4.11 Å². The van der Waals surface area contributed by atoms with Gasteiger partial charge in [-0.1, -0.05) is 30.7 Å². The number of hydrogen-bond donors (Lipinski definition) is 6. The van der Waals surface area contributed by atoms with Gasteiger partial charge in [0, 0.05) is 34.3 Å². The molecule has 0 unspecified atom stereocenters. The molecule has 2 aromatic rings. The zero-order valence-electron chi connectivity index (χ0n) is 23.9. The first-order chi connectivity index (χ1) is 20.2. The molecule has 14 heteroatoms. The Balaban J connectivity index is 1.42. The molecule has 9 atom stereocenters. The van der Waals surface area contributed by atoms with Crippen molar-refractivity contribution in [1.29, 1.82) is 0 Å². The molecule has 6 N–H and O–H groups in total. The Morgan fingerprint density at radius 1 is 1.12 bits per heavy atom. The van der Waals surface area contributed by atoms with Crippen molar-refractivity contribution in [3.63, 3.8) is 0 Å². The van der Waals surface area contributed by atoms with Crippen molar-refractivity contribution in [2.45, 2.75) is 80.9 Å². The number of anilines is 2. The second-order valence-corrected chi connectivity index (χ2v) is 16.2. The van der Waals surface area contributed by atoms with Crippen molar-refractivity contribution in [3.8, 4) is 0 Å². The van der Waals surface area contributed by atoms with E-state index in [1.54, 1.807) is 55.6 Å². The Hall–Kier alpha value is -2.46. The van der Waals surface area contributed by atoms with E-state index in [2.05, 4.69) is 5.32 Å². The molecule has 11 nitrogen and oxygen atoms in total. The van der Waals surface area contributed by atoms with Gasteiger partial charge in [0.15, 0.2) is 18.0 Å². The van der Waals surface area contributed by atoms with Gasteiger partial charge < -0.3 is 49.3 Å². The van der Waals surface area contributed by atoms with Crippen LogP contribution < -0.4 is 10.2 Å². The topological polar surface area (TPSA) is 169 Å². The number of amides is 2. The fourth-order valence-corrected chi connectivity index (χ4v) is 9.51. The lowest BCUT2D eigenvalue weighted by Crippen LogP contribution is -2.60. The first-order valence-electron chi connectivity index (χ1n) is 14.1. The lowest BCUT2D eigenvalue weighted by atomic mass is 9.82. The summed E-state index contributed by atoms with van der Waals surface area (Å²) in [6, 6.07) is 11.6. The van der Waals surface area contributed by atoms with Crippen LogP contribution in [0.25, 0.3) is 0 Å². The summed E-state index contributed by atoms with van der Waals surface area (Å²) in [5, 5.41) is 52.3. The zero-order valence-corrected chi connectivity index (χ0v) is 25.6. The molecule has 0 bridgehead atoms. The predicted octanol–water partition coefficient (Wildman–Crippen LogP) is 1.78. The monoisotopic (exact) mass is 638 g/mol. The van der Waals surface area contributed by atoms with Gasteiger partial charge in [-0.2, -0.15) is 0 Å². The molecule has 2 amide bonds. The van der Waals surface area contributed by atoms with Crippen molar-refractivity contribution >= 4 is 43.2 Å². The Morgan fingerprint density at radius 2 is 1.84 bits per heavy atom. The van der Waals surface area contributed by atoms with Gasteiger partial charge in [0.2, 0.25) is 8.41 Å². The summed E-state index contributed by atoms with van der Waals surface area (Å²) in [5.41, 5.74) is -0.0625. The van der Waals surface area contributed by atoms with Gasteiger partial charge in [0.25, 0.3) is 11.8 Å². The molecular weight excluding hydrogens is 603 g/mol. The van der Waals surface area contributed by atoms with Crippen LogP contribution in [0.1, 0.15) is 24.5 Å². The van der Waals surface area contributed by atoms with Crippen LogP contribution in [-0.2, 0) is 31.2 Å². The average Bonchev–Trinajstić information content (AvgIpc) is 3.36. The molecule has 3 aliphatic rings. The van der Waals surface area contributed by atoms with Gasteiger partial charge in [-0.3, -0.25) is 9.59 Å². The van der Waals surface area contributed by atoms with E-state index < -0.39 is 68.2 Å². The lowest BCUT2D eigenvalue weighted by molar-refractivity contribution is -0.274. The van der Waals surface area contributed by atoms with Crippen molar-refractivity contribution in [1.82, 2.24) is 0 Å². The number of fused-ring (bicyclic) bond motifs is 2. The Labute approximate surface area is 254 Å². The smallest absolute Gasteiger partial charge is 0.264 e. The zero-order chi connectivity index (χ0) is 31.4. The number of ether oxygens (including phenoxy) is 2. The summed E-state index contributed by atoms with van der Waals surface area (Å²) in [5.74, 6) is -1.78. The number of aliphatic hydroxyl groups excluding tert-OH is 5. The fourth-order valence-electron chi connectivity index (χ4n) is 6.79. The summed E-state index contributed by atoms with van der Waals surface area (Å²) in [7, 11) is -3.35. The summed E-state index contributed by atoms with van der Waals surface area (Å²) in [6.45, 7) is 4.82. The third kappa shape index (κ3) is 5.51. The quantitative estimate of drug-likeness (QED) is 0.196. The summed E-state index contributed by atoms with van der Waals surface area (Å²) < 4.78 is 27.2. The van der Waals surface area contributed by atoms with Gasteiger partial charge in [0.1, 0.15) is 18.3 Å². The highest BCUT2D eigenvalue weighted by molar-refractivity contribution is 6.72. The van der Waals surface area contributed by atoms with Gasteiger partial charge >= 0.3 is 0 Å². The van der Waals surface area contributed by atoms with Crippen LogP contribution in [0.2, 0.25) is 23.7 Å². The number of carbonyl (C=O) groups excluding carboxylic acids is 2. The number of halogens is 2. The van der Waals surface area contributed by atoms with E-state index in [9.17, 15) is 35.1 Å². The summed E-state index contributed by atoms with van der Waals surface area (Å²) in [6.07, 6.45) is -9.35. The molecule has 2 fully saturated rings. The maximum absolute atomic E-state index is 15.7. The summed E-state index contributed by atoms with van der Waals surface area (Å²) in [4.78, 5) is 28.7. The number of nitrogens with one attached hydrogen (secondary N) is 1. The van der Waals surface area contributed by atoms with E-state index in [1.165, 1.54) is 4.90 Å². The molecule has 1 spiro atoms. The van der Waals surface area contributed by atoms with Crippen molar-refractivity contribution in [2.24, 2.45) is 5.92 Å². The minimum Gasteiger partial charge on any atom is -0.396 e. The van der Waals surface area contributed by atoms with Crippen LogP contribution >= 0.6 is 11.6 Å². The van der Waals surface area contributed by atoms with Gasteiger partial charge in [-0.05, 0) is 55.4 Å². The minimum atomic E-state index is -3.35. The number of benzene rings is 2. The molecule has 2 aromatic carbocycles. The highest BCUT2D eigenvalue weighted by Gasteiger charge is 2.66. The molecule has 3 aliphatic heterocycles. The molecule has 3 heterocycles. The molecular formula is C29H36ClFN2O9Si. The molecule has 0 saturated carbocycles. The van der Waals surface area contributed by atoms with Crippen molar-refractivity contribution in [2.75, 3.05) is 16.8 Å². The normalized spacial score (nSPS) is 34.1. The second-order valence-electron chi connectivity index (χ2n) is 11.9. The van der Waals surface area contributed by atoms with Crippen LogP contribution in [-0.4, -0.2) is 89.2 Å². The fraction of sp³-hybridized carbons (Fsp3) is 0.517. The summed E-state index contributed by atoms with van der Waals surface area (Å²) >= 11 is 6.38. The van der Waals surface area contributed by atoms with E-state index in [4.69, 9.17) is 21.1 Å². The van der Waals surface area contributed by atoms with E-state index in [0.29, 0.717) is 21.8 Å². The number of rotatable bonds is 7. The SMILES string of the molecule is C[C@@H]1[C@@H]([Si](C)(C)F)[C@H](CCO)O[C@@]12C(=O)N(Cc1cccc(NC(=O)[C@H]3O[C@@H](O)[C@H](O)[C@@H](O)[C@@H]3O)c1)c1ccc(Cl)cc12. The molecule has 0 aliphatic carbocycles. The highest BCUT2D eigenvalue weighted by atomic mass is 35.5. The maximum Gasteiger partial charge on any atom is 0.264 e. The van der Waals surface area contributed by atoms with Crippen molar-refractivity contribution < 1.29 is 48.7 Å². The molecule has 5 rings (SSSR count). The Morgan fingerprint density at radius 3 is 2.51 bits per heavy atom. The third-order valence-electron chi connectivity index (χ3n) is 8.72. The molecule has 43 heavy (non-hydrogen) atoms. The van der Waals surface area contributed by atoms with Crippen molar-refractivity contribution in [3.05, 3.63) is 58.6 Å². The van der Waals surface area contributed by atoms with Crippen LogP contribution in [0.4, 0.5) is 15.5 Å². The largest absolute Gasteiger partial charge is 0.396 e. The van der Waals surface area contributed by atoms with E-state index in [0.717, 1.165) is 0 Å². The molecule has 0 radical (unpaired) electrons. The minimum absolute atomic E-state index is 0.0625.